The smallest absolute Gasteiger partial charge is 0.407 e. The lowest BCUT2D eigenvalue weighted by atomic mass is 9.65. The molecular weight excluding hydrogens is 304 g/mol. The Kier molecular flexibility index (Phi) is 6.53. The number of carbonyl (C=O) groups is 1. The van der Waals surface area contributed by atoms with Crippen LogP contribution in [0.1, 0.15) is 61.8 Å². The fourth-order valence-corrected chi connectivity index (χ4v) is 2.56. The number of hydrogen-bond donors (Lipinski definition) is 2. The Morgan fingerprint density at radius 2 is 1.83 bits per heavy atom. The molecular formula is C18H36N4O2. The quantitative estimate of drug-likeness (QED) is 0.459. The summed E-state index contributed by atoms with van der Waals surface area (Å²) in [6, 6.07) is 0. The second kappa shape index (κ2) is 7.62. The van der Waals surface area contributed by atoms with Gasteiger partial charge >= 0.3 is 6.09 Å². The van der Waals surface area contributed by atoms with Gasteiger partial charge in [-0.3, -0.25) is 4.99 Å². The highest BCUT2D eigenvalue weighted by Crippen LogP contribution is 2.46. The number of carbonyl (C=O) groups excluding carboxylic acids is 1. The number of nitrogens with zero attached hydrogens (tertiary/aromatic N) is 2. The third kappa shape index (κ3) is 5.28. The maximum Gasteiger partial charge on any atom is 0.407 e. The molecule has 6 heteroatoms. The van der Waals surface area contributed by atoms with Gasteiger partial charge in [0.1, 0.15) is 5.60 Å². The van der Waals surface area contributed by atoms with Crippen molar-refractivity contribution in [3.8, 4) is 0 Å². The van der Waals surface area contributed by atoms with Gasteiger partial charge in [0, 0.05) is 37.1 Å². The molecule has 24 heavy (non-hydrogen) atoms. The molecule has 1 fully saturated rings. The van der Waals surface area contributed by atoms with E-state index >= 15 is 0 Å². The number of guanidine groups is 1. The van der Waals surface area contributed by atoms with Gasteiger partial charge in [-0.25, -0.2) is 4.79 Å². The van der Waals surface area contributed by atoms with Crippen molar-refractivity contribution in [2.45, 2.75) is 73.0 Å². The van der Waals surface area contributed by atoms with Crippen molar-refractivity contribution >= 4 is 12.1 Å². The molecule has 0 aromatic rings. The van der Waals surface area contributed by atoms with Gasteiger partial charge in [-0.1, -0.05) is 13.8 Å². The van der Waals surface area contributed by atoms with Gasteiger partial charge in [0.25, 0.3) is 0 Å². The third-order valence-corrected chi connectivity index (χ3v) is 4.74. The Labute approximate surface area is 147 Å². The molecule has 0 spiro atoms. The van der Waals surface area contributed by atoms with Gasteiger partial charge in [0.05, 0.1) is 0 Å². The summed E-state index contributed by atoms with van der Waals surface area (Å²) in [6.07, 6.45) is 0.412. The van der Waals surface area contributed by atoms with Crippen LogP contribution in [0.15, 0.2) is 4.99 Å². The predicted octanol–water partition coefficient (Wildman–Crippen LogP) is 2.99. The summed E-state index contributed by atoms with van der Waals surface area (Å²) in [4.78, 5) is 18.6. The zero-order chi connectivity index (χ0) is 18.6. The lowest BCUT2D eigenvalue weighted by Gasteiger charge is -2.62. The van der Waals surface area contributed by atoms with Crippen LogP contribution in [-0.2, 0) is 4.74 Å². The van der Waals surface area contributed by atoms with Crippen molar-refractivity contribution in [1.82, 2.24) is 15.5 Å². The molecule has 6 nitrogen and oxygen atoms in total. The van der Waals surface area contributed by atoms with Crippen LogP contribution in [0.3, 0.4) is 0 Å². The molecule has 0 aromatic carbocycles. The van der Waals surface area contributed by atoms with E-state index in [1.165, 1.54) is 0 Å². The van der Waals surface area contributed by atoms with Crippen LogP contribution in [0.5, 0.6) is 0 Å². The fourth-order valence-electron chi connectivity index (χ4n) is 2.56. The average Bonchev–Trinajstić information content (AvgIpc) is 2.41. The van der Waals surface area contributed by atoms with Crippen molar-refractivity contribution in [1.29, 1.82) is 0 Å². The second-order valence-electron chi connectivity index (χ2n) is 8.55. The van der Waals surface area contributed by atoms with Gasteiger partial charge in [-0.05, 0) is 48.0 Å². The van der Waals surface area contributed by atoms with E-state index in [1.807, 2.05) is 20.8 Å². The molecule has 1 rings (SSSR count). The molecule has 0 aromatic heterocycles. The number of hydrogen-bond acceptors (Lipinski definition) is 3. The van der Waals surface area contributed by atoms with E-state index in [2.05, 4.69) is 50.2 Å². The highest BCUT2D eigenvalue weighted by Gasteiger charge is 2.53. The maximum absolute atomic E-state index is 11.6. The van der Waals surface area contributed by atoms with E-state index in [9.17, 15) is 4.79 Å². The van der Waals surface area contributed by atoms with Crippen LogP contribution >= 0.6 is 0 Å². The first-order valence-electron chi connectivity index (χ1n) is 8.93. The molecule has 1 aliphatic rings. The number of alkyl carbamates (subject to hydrolysis) is 1. The molecule has 0 atom stereocenters. The molecule has 0 radical (unpaired) electrons. The van der Waals surface area contributed by atoms with Crippen LogP contribution in [0.2, 0.25) is 0 Å². The maximum atomic E-state index is 11.6. The molecule has 1 amide bonds. The van der Waals surface area contributed by atoms with Gasteiger partial charge < -0.3 is 20.3 Å². The van der Waals surface area contributed by atoms with Crippen LogP contribution in [-0.4, -0.2) is 54.3 Å². The number of likely N-dealkylation sites (tertiary alicyclic amines) is 1. The van der Waals surface area contributed by atoms with Crippen LogP contribution in [0.25, 0.3) is 0 Å². The van der Waals surface area contributed by atoms with E-state index in [1.54, 1.807) is 0 Å². The Morgan fingerprint density at radius 3 is 2.29 bits per heavy atom. The summed E-state index contributed by atoms with van der Waals surface area (Å²) in [5.74, 6) is 0.957. The number of ether oxygens (including phenoxy) is 1. The molecule has 1 saturated heterocycles. The number of aliphatic imine (C=N–C) groups is 1. The van der Waals surface area contributed by atoms with Gasteiger partial charge in [-0.2, -0.15) is 0 Å². The van der Waals surface area contributed by atoms with E-state index in [4.69, 9.17) is 9.73 Å². The molecule has 140 valence electrons. The normalized spacial score (nSPS) is 19.5. The molecule has 0 saturated carbocycles. The third-order valence-electron chi connectivity index (χ3n) is 4.74. The Morgan fingerprint density at radius 1 is 1.21 bits per heavy atom. The predicted molar refractivity (Wildman–Crippen MR) is 99.4 cm³/mol. The molecule has 1 heterocycles. The first-order valence-corrected chi connectivity index (χ1v) is 8.93. The van der Waals surface area contributed by atoms with Crippen molar-refractivity contribution in [2.75, 3.05) is 26.2 Å². The largest absolute Gasteiger partial charge is 0.444 e. The number of amides is 1. The lowest BCUT2D eigenvalue weighted by molar-refractivity contribution is -0.0667. The first-order chi connectivity index (χ1) is 10.9. The topological polar surface area (TPSA) is 66.0 Å². The van der Waals surface area contributed by atoms with E-state index in [0.29, 0.717) is 13.1 Å². The second-order valence-corrected chi connectivity index (χ2v) is 8.55. The van der Waals surface area contributed by atoms with E-state index in [-0.39, 0.29) is 17.0 Å². The van der Waals surface area contributed by atoms with Crippen molar-refractivity contribution in [3.63, 3.8) is 0 Å². The molecule has 0 aliphatic carbocycles. The van der Waals surface area contributed by atoms with Gasteiger partial charge in [0.2, 0.25) is 0 Å². The highest BCUT2D eigenvalue weighted by atomic mass is 16.6. The first kappa shape index (κ1) is 20.6. The minimum Gasteiger partial charge on any atom is -0.444 e. The van der Waals surface area contributed by atoms with Crippen molar-refractivity contribution < 1.29 is 9.53 Å². The summed E-state index contributed by atoms with van der Waals surface area (Å²) in [6.45, 7) is 19.8. The summed E-state index contributed by atoms with van der Waals surface area (Å²) in [5.41, 5.74) is -0.0967. The minimum atomic E-state index is -0.462. The standard InChI is InChI=1S/C18H36N4O2/c1-9-19-14(22-13-17(5,6)18(22,7)8)20-11-10-12-21-15(23)24-16(2,3)4/h9-13H2,1-8H3,(H,19,20)(H,21,23). The molecule has 1 aliphatic heterocycles. The monoisotopic (exact) mass is 340 g/mol. The van der Waals surface area contributed by atoms with Crippen molar-refractivity contribution in [2.24, 2.45) is 10.4 Å². The summed E-state index contributed by atoms with van der Waals surface area (Å²) in [5, 5.41) is 6.14. The molecule has 2 N–H and O–H groups in total. The summed E-state index contributed by atoms with van der Waals surface area (Å²) in [7, 11) is 0. The minimum absolute atomic E-state index is 0.0861. The zero-order valence-corrected chi connectivity index (χ0v) is 16.7. The number of rotatable bonds is 5. The fraction of sp³-hybridized carbons (Fsp3) is 0.889. The van der Waals surface area contributed by atoms with E-state index in [0.717, 1.165) is 25.5 Å². The van der Waals surface area contributed by atoms with Crippen LogP contribution in [0.4, 0.5) is 4.79 Å². The van der Waals surface area contributed by atoms with Gasteiger partial charge in [-0.15, -0.1) is 0 Å². The van der Waals surface area contributed by atoms with Gasteiger partial charge in [0.15, 0.2) is 5.96 Å². The van der Waals surface area contributed by atoms with E-state index < -0.39 is 5.60 Å². The SMILES string of the molecule is CCNC(=NCCCNC(=O)OC(C)(C)C)N1CC(C)(C)C1(C)C. The Bertz CT molecular complexity index is 464. The molecule has 0 unspecified atom stereocenters. The molecule has 0 bridgehead atoms. The number of nitrogens with one attached hydrogen (secondary N) is 2. The zero-order valence-electron chi connectivity index (χ0n) is 16.7. The summed E-state index contributed by atoms with van der Waals surface area (Å²) >= 11 is 0. The lowest BCUT2D eigenvalue weighted by Crippen LogP contribution is -2.72. The Hall–Kier alpha value is -1.46. The van der Waals surface area contributed by atoms with Crippen LogP contribution < -0.4 is 10.6 Å². The Balaban J connectivity index is 2.44. The van der Waals surface area contributed by atoms with Crippen LogP contribution in [0, 0.1) is 5.41 Å². The average molecular weight is 341 g/mol. The highest BCUT2D eigenvalue weighted by molar-refractivity contribution is 5.82. The van der Waals surface area contributed by atoms with Crippen molar-refractivity contribution in [3.05, 3.63) is 0 Å². The summed E-state index contributed by atoms with van der Waals surface area (Å²) < 4.78 is 5.21.